The first-order chi connectivity index (χ1) is 16.2. The normalized spacial score (nSPS) is 11.2. The summed E-state index contributed by atoms with van der Waals surface area (Å²) < 4.78 is 14.3. The number of carbonyl (C=O) groups excluding carboxylic acids is 1. The molecular formula is C24H22N6O3. The highest BCUT2D eigenvalue weighted by Crippen LogP contribution is 2.24. The van der Waals surface area contributed by atoms with E-state index >= 15 is 0 Å². The molecule has 1 N–H and O–H groups in total. The minimum absolute atomic E-state index is 0.296. The summed E-state index contributed by atoms with van der Waals surface area (Å²) in [7, 11) is 1.62. The van der Waals surface area contributed by atoms with Gasteiger partial charge in [0.1, 0.15) is 23.7 Å². The van der Waals surface area contributed by atoms with E-state index in [2.05, 4.69) is 20.4 Å². The second-order valence-corrected chi connectivity index (χ2v) is 7.45. The smallest absolute Gasteiger partial charge is 0.275 e. The van der Waals surface area contributed by atoms with Crippen LogP contribution >= 0.6 is 0 Å². The van der Waals surface area contributed by atoms with Crippen LogP contribution in [0, 0.1) is 0 Å². The highest BCUT2D eigenvalue weighted by Gasteiger charge is 2.15. The highest BCUT2D eigenvalue weighted by atomic mass is 16.5. The molecule has 166 valence electrons. The van der Waals surface area contributed by atoms with Crippen molar-refractivity contribution in [3.05, 3.63) is 84.7 Å². The molecule has 1 amide bonds. The summed E-state index contributed by atoms with van der Waals surface area (Å²) in [4.78, 5) is 21.5. The van der Waals surface area contributed by atoms with Gasteiger partial charge < -0.3 is 19.2 Å². The summed E-state index contributed by atoms with van der Waals surface area (Å²) in [6.45, 7) is 1.56. The van der Waals surface area contributed by atoms with Crippen molar-refractivity contribution in [2.45, 2.75) is 6.54 Å². The van der Waals surface area contributed by atoms with Gasteiger partial charge in [0, 0.05) is 43.3 Å². The Morgan fingerprint density at radius 1 is 1.12 bits per heavy atom. The third kappa shape index (κ3) is 4.39. The Labute approximate surface area is 189 Å². The van der Waals surface area contributed by atoms with Crippen LogP contribution < -0.4 is 10.1 Å². The van der Waals surface area contributed by atoms with Crippen LogP contribution in [0.4, 0.5) is 5.69 Å². The molecule has 4 aromatic heterocycles. The average molecular weight is 442 g/mol. The van der Waals surface area contributed by atoms with E-state index < -0.39 is 0 Å². The first-order valence-corrected chi connectivity index (χ1v) is 10.5. The molecule has 0 fully saturated rings. The number of imidazole rings is 1. The van der Waals surface area contributed by atoms with Gasteiger partial charge in [0.05, 0.1) is 30.6 Å². The van der Waals surface area contributed by atoms with Crippen LogP contribution in [0.15, 0.2) is 73.4 Å². The molecule has 0 bridgehead atoms. The Morgan fingerprint density at radius 3 is 2.85 bits per heavy atom. The molecule has 5 aromatic rings. The molecule has 0 radical (unpaired) electrons. The molecule has 1 aromatic carbocycles. The van der Waals surface area contributed by atoms with Gasteiger partial charge in [0.2, 0.25) is 0 Å². The highest BCUT2D eigenvalue weighted by molar-refractivity contribution is 6.08. The lowest BCUT2D eigenvalue weighted by Crippen LogP contribution is -2.12. The van der Waals surface area contributed by atoms with Gasteiger partial charge in [-0.05, 0) is 35.9 Å². The Kier molecular flexibility index (Phi) is 5.69. The second kappa shape index (κ2) is 9.09. The number of ether oxygens (including phenoxy) is 2. The zero-order chi connectivity index (χ0) is 22.6. The zero-order valence-corrected chi connectivity index (χ0v) is 18.0. The number of pyridine rings is 2. The fourth-order valence-corrected chi connectivity index (χ4v) is 3.59. The molecule has 0 spiro atoms. The number of anilines is 1. The Bertz CT molecular complexity index is 1410. The third-order valence-electron chi connectivity index (χ3n) is 5.24. The molecule has 0 aliphatic rings. The van der Waals surface area contributed by atoms with Crippen molar-refractivity contribution in [1.82, 2.24) is 24.1 Å². The summed E-state index contributed by atoms with van der Waals surface area (Å²) >= 11 is 0. The number of nitrogens with one attached hydrogen (secondary N) is 1. The summed E-state index contributed by atoms with van der Waals surface area (Å²) in [5.74, 6) is 0.374. The molecule has 4 heterocycles. The lowest BCUT2D eigenvalue weighted by atomic mass is 10.2. The molecule has 0 atom stereocenters. The molecule has 0 saturated carbocycles. The van der Waals surface area contributed by atoms with Crippen LogP contribution in [0.3, 0.4) is 0 Å². The Balaban J connectivity index is 1.36. The van der Waals surface area contributed by atoms with Crippen LogP contribution in [0.5, 0.6) is 5.75 Å². The number of hydrogen-bond donors (Lipinski definition) is 1. The molecule has 0 unspecified atom stereocenters. The predicted octanol–water partition coefficient (Wildman–Crippen LogP) is 3.40. The number of rotatable bonds is 8. The number of benzene rings is 1. The molecule has 0 saturated heterocycles. The monoisotopic (exact) mass is 442 g/mol. The standard InChI is InChI=1S/C24H22N6O3/c1-32-11-12-33-18-7-10-29-16-21(27-23(29)13-18)24(31)28-20-3-2-4-22-19(20)14-26-30(22)15-17-5-8-25-9-6-17/h2-10,13-14,16H,11-12,15H2,1H3,(H,28,31). The molecule has 5 rings (SSSR count). The lowest BCUT2D eigenvalue weighted by molar-refractivity contribution is 0.102. The number of nitrogens with zero attached hydrogens (tertiary/aromatic N) is 5. The molecule has 0 aliphatic carbocycles. The van der Waals surface area contributed by atoms with Gasteiger partial charge in [-0.25, -0.2) is 4.98 Å². The summed E-state index contributed by atoms with van der Waals surface area (Å²) in [5.41, 5.74) is 3.64. The van der Waals surface area contributed by atoms with Gasteiger partial charge in [-0.1, -0.05) is 6.07 Å². The maximum atomic E-state index is 13.0. The summed E-state index contributed by atoms with van der Waals surface area (Å²) in [5, 5.41) is 8.34. The van der Waals surface area contributed by atoms with Gasteiger partial charge in [-0.15, -0.1) is 0 Å². The van der Waals surface area contributed by atoms with Crippen LogP contribution in [-0.4, -0.2) is 50.4 Å². The average Bonchev–Trinajstić information content (AvgIpc) is 3.45. The number of hydrogen-bond acceptors (Lipinski definition) is 6. The topological polar surface area (TPSA) is 95.6 Å². The number of aromatic nitrogens is 5. The summed E-state index contributed by atoms with van der Waals surface area (Å²) in [6, 6.07) is 13.3. The lowest BCUT2D eigenvalue weighted by Gasteiger charge is -2.07. The van der Waals surface area contributed by atoms with Crippen molar-refractivity contribution in [1.29, 1.82) is 0 Å². The number of amides is 1. The van der Waals surface area contributed by atoms with Crippen molar-refractivity contribution in [2.24, 2.45) is 0 Å². The Hall–Kier alpha value is -4.24. The molecule has 9 nitrogen and oxygen atoms in total. The van der Waals surface area contributed by atoms with E-state index in [-0.39, 0.29) is 5.91 Å². The first kappa shape index (κ1) is 20.7. The second-order valence-electron chi connectivity index (χ2n) is 7.45. The van der Waals surface area contributed by atoms with E-state index in [1.54, 1.807) is 42.4 Å². The van der Waals surface area contributed by atoms with E-state index in [9.17, 15) is 4.79 Å². The molecule has 9 heteroatoms. The number of carbonyl (C=O) groups is 1. The summed E-state index contributed by atoms with van der Waals surface area (Å²) in [6.07, 6.45) is 8.79. The predicted molar refractivity (Wildman–Crippen MR) is 124 cm³/mol. The van der Waals surface area contributed by atoms with Crippen molar-refractivity contribution >= 4 is 28.1 Å². The number of methoxy groups -OCH3 is 1. The van der Waals surface area contributed by atoms with E-state index in [0.717, 1.165) is 16.5 Å². The van der Waals surface area contributed by atoms with Crippen LogP contribution in [0.2, 0.25) is 0 Å². The Morgan fingerprint density at radius 2 is 2.00 bits per heavy atom. The SMILES string of the molecule is COCCOc1ccn2cc(C(=O)Nc3cccc4c3cnn4Cc3ccncc3)nc2c1. The van der Waals surface area contributed by atoms with Crippen LogP contribution in [0.25, 0.3) is 16.6 Å². The van der Waals surface area contributed by atoms with Crippen molar-refractivity contribution in [3.63, 3.8) is 0 Å². The van der Waals surface area contributed by atoms with Gasteiger partial charge in [0.15, 0.2) is 0 Å². The van der Waals surface area contributed by atoms with Crippen molar-refractivity contribution in [2.75, 3.05) is 25.6 Å². The molecule has 0 aliphatic heterocycles. The maximum Gasteiger partial charge on any atom is 0.275 e. The van der Waals surface area contributed by atoms with Gasteiger partial charge in [-0.2, -0.15) is 5.10 Å². The van der Waals surface area contributed by atoms with Crippen molar-refractivity contribution in [3.8, 4) is 5.75 Å². The minimum atomic E-state index is -0.296. The van der Waals surface area contributed by atoms with Crippen molar-refractivity contribution < 1.29 is 14.3 Å². The third-order valence-corrected chi connectivity index (χ3v) is 5.24. The van der Waals surface area contributed by atoms with E-state index in [0.29, 0.717) is 42.5 Å². The fraction of sp³-hybridized carbons (Fsp3) is 0.167. The maximum absolute atomic E-state index is 13.0. The minimum Gasteiger partial charge on any atom is -0.491 e. The van der Waals surface area contributed by atoms with Crippen LogP contribution in [-0.2, 0) is 11.3 Å². The molecular weight excluding hydrogens is 420 g/mol. The van der Waals surface area contributed by atoms with Crippen LogP contribution in [0.1, 0.15) is 16.1 Å². The zero-order valence-electron chi connectivity index (χ0n) is 18.0. The van der Waals surface area contributed by atoms with Gasteiger partial charge in [-0.3, -0.25) is 14.5 Å². The quantitative estimate of drug-likeness (QED) is 0.370. The van der Waals surface area contributed by atoms with Gasteiger partial charge in [0.25, 0.3) is 5.91 Å². The largest absolute Gasteiger partial charge is 0.491 e. The molecule has 33 heavy (non-hydrogen) atoms. The van der Waals surface area contributed by atoms with E-state index in [1.807, 2.05) is 47.3 Å². The first-order valence-electron chi connectivity index (χ1n) is 10.5. The number of fused-ring (bicyclic) bond motifs is 2. The van der Waals surface area contributed by atoms with E-state index in [1.165, 1.54) is 0 Å². The van der Waals surface area contributed by atoms with E-state index in [4.69, 9.17) is 9.47 Å². The fourth-order valence-electron chi connectivity index (χ4n) is 3.59. The van der Waals surface area contributed by atoms with Gasteiger partial charge >= 0.3 is 0 Å².